The van der Waals surface area contributed by atoms with E-state index in [1.807, 2.05) is 6.07 Å². The van der Waals surface area contributed by atoms with Crippen LogP contribution in [0, 0.1) is 5.82 Å². The van der Waals surface area contributed by atoms with Crippen LogP contribution in [0.25, 0.3) is 0 Å². The molecule has 4 heteroatoms. The Morgan fingerprint density at radius 2 is 1.71 bits per heavy atom. The predicted molar refractivity (Wildman–Crippen MR) is 88.4 cm³/mol. The second-order valence-electron chi connectivity index (χ2n) is 5.49. The van der Waals surface area contributed by atoms with Crippen molar-refractivity contribution in [3.63, 3.8) is 0 Å². The lowest BCUT2D eigenvalue weighted by atomic mass is 9.96. The molecule has 0 aromatic heterocycles. The zero-order valence-corrected chi connectivity index (χ0v) is 13.8. The Morgan fingerprint density at radius 3 is 2.24 bits per heavy atom. The van der Waals surface area contributed by atoms with Gasteiger partial charge in [-0.1, -0.05) is 44.2 Å². The molecule has 2 aromatic carbocycles. The maximum Gasteiger partial charge on any atom is 0.137 e. The number of hydrazine groups is 1. The van der Waals surface area contributed by atoms with Crippen LogP contribution >= 0.6 is 15.9 Å². The highest BCUT2D eigenvalue weighted by atomic mass is 79.9. The van der Waals surface area contributed by atoms with Gasteiger partial charge in [-0.3, -0.25) is 11.3 Å². The van der Waals surface area contributed by atoms with Gasteiger partial charge in [-0.25, -0.2) is 4.39 Å². The lowest BCUT2D eigenvalue weighted by molar-refractivity contribution is 0.543. The van der Waals surface area contributed by atoms with E-state index in [-0.39, 0.29) is 11.9 Å². The third-order valence-electron chi connectivity index (χ3n) is 3.63. The molecule has 112 valence electrons. The monoisotopic (exact) mass is 350 g/mol. The molecule has 0 fully saturated rings. The average Bonchev–Trinajstić information content (AvgIpc) is 2.48. The number of hydrogen-bond donors (Lipinski definition) is 2. The second kappa shape index (κ2) is 7.16. The van der Waals surface area contributed by atoms with Crippen molar-refractivity contribution in [2.45, 2.75) is 32.2 Å². The van der Waals surface area contributed by atoms with Crippen LogP contribution < -0.4 is 11.3 Å². The first-order valence-electron chi connectivity index (χ1n) is 7.01. The Bertz CT molecular complexity index is 596. The van der Waals surface area contributed by atoms with E-state index in [4.69, 9.17) is 5.84 Å². The highest BCUT2D eigenvalue weighted by Gasteiger charge is 2.13. The van der Waals surface area contributed by atoms with Crippen molar-refractivity contribution in [1.29, 1.82) is 0 Å². The van der Waals surface area contributed by atoms with Gasteiger partial charge in [0.25, 0.3) is 0 Å². The molecule has 2 aromatic rings. The maximum absolute atomic E-state index is 13.6. The van der Waals surface area contributed by atoms with E-state index in [9.17, 15) is 4.39 Å². The molecular formula is C17H20BrFN2. The first-order valence-corrected chi connectivity index (χ1v) is 7.80. The SMILES string of the molecule is CC(C)c1ccc(CC(NN)c2ccc(Br)c(F)c2)cc1. The van der Waals surface area contributed by atoms with Crippen LogP contribution in [0.4, 0.5) is 4.39 Å². The van der Waals surface area contributed by atoms with Crippen LogP contribution in [0.2, 0.25) is 0 Å². The Balaban J connectivity index is 2.16. The molecule has 1 atom stereocenters. The van der Waals surface area contributed by atoms with Gasteiger partial charge >= 0.3 is 0 Å². The molecule has 0 bridgehead atoms. The molecule has 0 radical (unpaired) electrons. The van der Waals surface area contributed by atoms with Crippen LogP contribution in [0.1, 0.15) is 42.5 Å². The van der Waals surface area contributed by atoms with Crippen molar-refractivity contribution in [3.8, 4) is 0 Å². The molecule has 2 rings (SSSR count). The molecule has 0 spiro atoms. The fourth-order valence-corrected chi connectivity index (χ4v) is 2.52. The summed E-state index contributed by atoms with van der Waals surface area (Å²) in [5.74, 6) is 5.88. The average molecular weight is 351 g/mol. The van der Waals surface area contributed by atoms with Gasteiger partial charge in [0.2, 0.25) is 0 Å². The quantitative estimate of drug-likeness (QED) is 0.617. The van der Waals surface area contributed by atoms with Gasteiger partial charge in [-0.2, -0.15) is 0 Å². The predicted octanol–water partition coefficient (Wildman–Crippen LogP) is 4.46. The second-order valence-corrected chi connectivity index (χ2v) is 6.35. The molecule has 0 heterocycles. The lowest BCUT2D eigenvalue weighted by Gasteiger charge is -2.17. The summed E-state index contributed by atoms with van der Waals surface area (Å²) in [7, 11) is 0. The van der Waals surface area contributed by atoms with Crippen LogP contribution in [0.3, 0.4) is 0 Å². The zero-order valence-electron chi connectivity index (χ0n) is 12.2. The van der Waals surface area contributed by atoms with Gasteiger partial charge in [-0.05, 0) is 57.1 Å². The minimum atomic E-state index is -0.275. The summed E-state index contributed by atoms with van der Waals surface area (Å²) in [6, 6.07) is 13.5. The van der Waals surface area contributed by atoms with Crippen molar-refractivity contribution < 1.29 is 4.39 Å². The third-order valence-corrected chi connectivity index (χ3v) is 4.28. The molecule has 2 nitrogen and oxygen atoms in total. The molecule has 0 aliphatic rings. The van der Waals surface area contributed by atoms with Crippen LogP contribution in [0.5, 0.6) is 0 Å². The van der Waals surface area contributed by atoms with E-state index in [2.05, 4.69) is 59.5 Å². The Hall–Kier alpha value is -1.23. The molecule has 21 heavy (non-hydrogen) atoms. The summed E-state index contributed by atoms with van der Waals surface area (Å²) in [5, 5.41) is 0. The first-order chi connectivity index (χ1) is 10.0. The molecule has 0 saturated heterocycles. The molecule has 0 amide bonds. The molecular weight excluding hydrogens is 331 g/mol. The summed E-state index contributed by atoms with van der Waals surface area (Å²) in [5.41, 5.74) is 6.09. The Labute approximate surface area is 133 Å². The van der Waals surface area contributed by atoms with Crippen LogP contribution in [-0.2, 0) is 6.42 Å². The lowest BCUT2D eigenvalue weighted by Crippen LogP contribution is -2.29. The third kappa shape index (κ3) is 4.13. The summed E-state index contributed by atoms with van der Waals surface area (Å²) in [4.78, 5) is 0. The zero-order chi connectivity index (χ0) is 15.4. The minimum Gasteiger partial charge on any atom is -0.271 e. The van der Waals surface area contributed by atoms with Gasteiger partial charge in [0, 0.05) is 0 Å². The van der Waals surface area contributed by atoms with Crippen molar-refractivity contribution in [2.75, 3.05) is 0 Å². The van der Waals surface area contributed by atoms with Gasteiger partial charge in [0.1, 0.15) is 5.82 Å². The number of rotatable bonds is 5. The van der Waals surface area contributed by atoms with Gasteiger partial charge in [0.15, 0.2) is 0 Å². The largest absolute Gasteiger partial charge is 0.271 e. The van der Waals surface area contributed by atoms with E-state index in [0.29, 0.717) is 10.4 Å². The van der Waals surface area contributed by atoms with Crippen molar-refractivity contribution in [2.24, 2.45) is 5.84 Å². The van der Waals surface area contributed by atoms with E-state index >= 15 is 0 Å². The van der Waals surface area contributed by atoms with Crippen molar-refractivity contribution >= 4 is 15.9 Å². The summed E-state index contributed by atoms with van der Waals surface area (Å²) in [6.45, 7) is 4.34. The topological polar surface area (TPSA) is 38.0 Å². The van der Waals surface area contributed by atoms with Crippen molar-refractivity contribution in [3.05, 3.63) is 69.4 Å². The number of nitrogens with one attached hydrogen (secondary N) is 1. The van der Waals surface area contributed by atoms with Crippen LogP contribution in [-0.4, -0.2) is 0 Å². The smallest absolute Gasteiger partial charge is 0.137 e. The molecule has 1 unspecified atom stereocenters. The highest BCUT2D eigenvalue weighted by Crippen LogP contribution is 2.24. The summed E-state index contributed by atoms with van der Waals surface area (Å²) < 4.78 is 14.1. The number of hydrogen-bond acceptors (Lipinski definition) is 2. The van der Waals surface area contributed by atoms with E-state index in [0.717, 1.165) is 12.0 Å². The van der Waals surface area contributed by atoms with Gasteiger partial charge < -0.3 is 0 Å². The molecule has 0 aliphatic carbocycles. The fraction of sp³-hybridized carbons (Fsp3) is 0.294. The molecule has 0 aliphatic heterocycles. The normalized spacial score (nSPS) is 12.7. The van der Waals surface area contributed by atoms with Gasteiger partial charge in [0.05, 0.1) is 10.5 Å². The number of nitrogens with two attached hydrogens (primary N) is 1. The van der Waals surface area contributed by atoms with Crippen LogP contribution in [0.15, 0.2) is 46.9 Å². The minimum absolute atomic E-state index is 0.113. The maximum atomic E-state index is 13.6. The standard InChI is InChI=1S/C17H20BrFN2/c1-11(2)13-5-3-12(4-6-13)9-17(21-20)14-7-8-15(18)16(19)10-14/h3-8,10-11,17,21H,9,20H2,1-2H3. The number of halogens is 2. The Kier molecular flexibility index (Phi) is 5.51. The Morgan fingerprint density at radius 1 is 1.10 bits per heavy atom. The summed E-state index contributed by atoms with van der Waals surface area (Å²) >= 11 is 3.16. The van der Waals surface area contributed by atoms with E-state index < -0.39 is 0 Å². The fourth-order valence-electron chi connectivity index (χ4n) is 2.28. The number of benzene rings is 2. The highest BCUT2D eigenvalue weighted by molar-refractivity contribution is 9.10. The van der Waals surface area contributed by atoms with E-state index in [1.54, 1.807) is 6.07 Å². The molecule has 0 saturated carbocycles. The van der Waals surface area contributed by atoms with Gasteiger partial charge in [-0.15, -0.1) is 0 Å². The molecule has 3 N–H and O–H groups in total. The summed E-state index contributed by atoms with van der Waals surface area (Å²) in [6.07, 6.45) is 0.718. The van der Waals surface area contributed by atoms with E-state index in [1.165, 1.54) is 17.2 Å². The first kappa shape index (κ1) is 16.1. The van der Waals surface area contributed by atoms with Crippen molar-refractivity contribution in [1.82, 2.24) is 5.43 Å².